The summed E-state index contributed by atoms with van der Waals surface area (Å²) >= 11 is 4.77. The van der Waals surface area contributed by atoms with E-state index in [0.29, 0.717) is 16.7 Å². The fourth-order valence-corrected chi connectivity index (χ4v) is 1.79. The lowest BCUT2D eigenvalue weighted by Crippen LogP contribution is -2.23. The molecule has 0 radical (unpaired) electrons. The van der Waals surface area contributed by atoms with E-state index in [0.717, 1.165) is 0 Å². The molecule has 2 rings (SSSR count). The summed E-state index contributed by atoms with van der Waals surface area (Å²) in [6.45, 7) is 0.0805. The van der Waals surface area contributed by atoms with Gasteiger partial charge in [-0.3, -0.25) is 9.48 Å². The molecule has 0 saturated carbocycles. The van der Waals surface area contributed by atoms with Gasteiger partial charge in [0.25, 0.3) is 5.91 Å². The Balaban J connectivity index is 2.04. The highest BCUT2D eigenvalue weighted by Crippen LogP contribution is 2.10. The number of nitrogens with zero attached hydrogens (tertiary/aromatic N) is 2. The normalized spacial score (nSPS) is 10.3. The number of benzene rings is 1. The quantitative estimate of drug-likeness (QED) is 0.828. The second kappa shape index (κ2) is 5.79. The van der Waals surface area contributed by atoms with Crippen molar-refractivity contribution in [1.82, 2.24) is 15.1 Å². The van der Waals surface area contributed by atoms with E-state index < -0.39 is 5.82 Å². The highest BCUT2D eigenvalue weighted by molar-refractivity contribution is 7.80. The Labute approximate surface area is 120 Å². The third-order valence-electron chi connectivity index (χ3n) is 2.74. The number of aromatic nitrogens is 2. The molecule has 1 aromatic heterocycles. The molecule has 0 spiro atoms. The summed E-state index contributed by atoms with van der Waals surface area (Å²) in [6.07, 6.45) is 3.03. The summed E-state index contributed by atoms with van der Waals surface area (Å²) < 4.78 is 15.3. The largest absolute Gasteiger partial charge is 0.389 e. The van der Waals surface area contributed by atoms with Crippen molar-refractivity contribution in [1.29, 1.82) is 0 Å². The maximum absolute atomic E-state index is 13.8. The molecule has 0 fully saturated rings. The van der Waals surface area contributed by atoms with Gasteiger partial charge < -0.3 is 11.1 Å². The lowest BCUT2D eigenvalue weighted by molar-refractivity contribution is 0.0950. The molecule has 0 aliphatic heterocycles. The van der Waals surface area contributed by atoms with Crippen molar-refractivity contribution in [2.75, 3.05) is 0 Å². The minimum atomic E-state index is -0.457. The number of aryl methyl sites for hydroxylation is 1. The van der Waals surface area contributed by atoms with Crippen molar-refractivity contribution in [2.24, 2.45) is 12.8 Å². The molecule has 1 aromatic carbocycles. The number of thiocarbonyl (C=S) groups is 1. The third kappa shape index (κ3) is 3.18. The Hall–Kier alpha value is -2.28. The maximum atomic E-state index is 13.8. The van der Waals surface area contributed by atoms with Crippen LogP contribution in [0, 0.1) is 5.82 Å². The number of rotatable bonds is 4. The van der Waals surface area contributed by atoms with Crippen molar-refractivity contribution in [3.05, 3.63) is 53.1 Å². The van der Waals surface area contributed by atoms with E-state index in [1.165, 1.54) is 16.9 Å². The van der Waals surface area contributed by atoms with Gasteiger partial charge in [-0.25, -0.2) is 4.39 Å². The van der Waals surface area contributed by atoms with Crippen LogP contribution in [0.25, 0.3) is 0 Å². The van der Waals surface area contributed by atoms with E-state index in [4.69, 9.17) is 18.0 Å². The predicted molar refractivity (Wildman–Crippen MR) is 76.7 cm³/mol. The van der Waals surface area contributed by atoms with Gasteiger partial charge in [0.2, 0.25) is 0 Å². The number of amides is 1. The van der Waals surface area contributed by atoms with Crippen LogP contribution in [-0.2, 0) is 13.6 Å². The fourth-order valence-electron chi connectivity index (χ4n) is 1.66. The van der Waals surface area contributed by atoms with Crippen molar-refractivity contribution >= 4 is 23.1 Å². The molecule has 2 aromatic rings. The van der Waals surface area contributed by atoms with E-state index in [1.807, 2.05) is 0 Å². The third-order valence-corrected chi connectivity index (χ3v) is 2.98. The first-order valence-corrected chi connectivity index (χ1v) is 6.23. The summed E-state index contributed by atoms with van der Waals surface area (Å²) in [7, 11) is 1.71. The Morgan fingerprint density at radius 3 is 2.80 bits per heavy atom. The average Bonchev–Trinajstić information content (AvgIpc) is 2.83. The SMILES string of the molecule is Cn1cc(C(=O)NCc2ccc(C(N)=S)cc2F)cn1. The van der Waals surface area contributed by atoms with Crippen molar-refractivity contribution in [2.45, 2.75) is 6.54 Å². The first-order valence-electron chi connectivity index (χ1n) is 5.82. The molecule has 3 N–H and O–H groups in total. The molecule has 1 amide bonds. The molecule has 104 valence electrons. The number of halogens is 1. The predicted octanol–water partition coefficient (Wildman–Crippen LogP) is 1.12. The summed E-state index contributed by atoms with van der Waals surface area (Å²) in [5, 5.41) is 6.52. The van der Waals surface area contributed by atoms with E-state index >= 15 is 0 Å². The number of carbonyl (C=O) groups is 1. The topological polar surface area (TPSA) is 72.9 Å². The summed E-state index contributed by atoms with van der Waals surface area (Å²) in [5.41, 5.74) is 6.66. The number of carbonyl (C=O) groups excluding carboxylic acids is 1. The van der Waals surface area contributed by atoms with Crippen LogP contribution >= 0.6 is 12.2 Å². The van der Waals surface area contributed by atoms with Gasteiger partial charge in [0.05, 0.1) is 11.8 Å². The molecule has 0 saturated heterocycles. The van der Waals surface area contributed by atoms with E-state index in [-0.39, 0.29) is 17.4 Å². The van der Waals surface area contributed by atoms with Gasteiger partial charge in [-0.1, -0.05) is 24.4 Å². The van der Waals surface area contributed by atoms with E-state index in [9.17, 15) is 9.18 Å². The molecule has 7 heteroatoms. The first kappa shape index (κ1) is 14.1. The van der Waals surface area contributed by atoms with Crippen LogP contribution in [0.4, 0.5) is 4.39 Å². The molecule has 1 heterocycles. The number of hydrogen-bond acceptors (Lipinski definition) is 3. The van der Waals surface area contributed by atoms with E-state index in [2.05, 4.69) is 10.4 Å². The van der Waals surface area contributed by atoms with Crippen LogP contribution < -0.4 is 11.1 Å². The highest BCUT2D eigenvalue weighted by Gasteiger charge is 2.10. The molecule has 0 aliphatic rings. The fraction of sp³-hybridized carbons (Fsp3) is 0.154. The molecule has 5 nitrogen and oxygen atoms in total. The van der Waals surface area contributed by atoms with Gasteiger partial charge in [-0.2, -0.15) is 5.10 Å². The molecular formula is C13H13FN4OS. The summed E-state index contributed by atoms with van der Waals surface area (Å²) in [4.78, 5) is 11.9. The van der Waals surface area contributed by atoms with Gasteiger partial charge in [0.1, 0.15) is 10.8 Å². The van der Waals surface area contributed by atoms with Gasteiger partial charge in [-0.05, 0) is 6.07 Å². The minimum Gasteiger partial charge on any atom is -0.389 e. The second-order valence-corrected chi connectivity index (χ2v) is 4.70. The Morgan fingerprint density at radius 1 is 1.50 bits per heavy atom. The molecule has 0 aliphatic carbocycles. The maximum Gasteiger partial charge on any atom is 0.254 e. The lowest BCUT2D eigenvalue weighted by Gasteiger charge is -2.06. The highest BCUT2D eigenvalue weighted by atomic mass is 32.1. The second-order valence-electron chi connectivity index (χ2n) is 4.26. The Morgan fingerprint density at radius 2 is 2.25 bits per heavy atom. The molecule has 0 bridgehead atoms. The number of hydrogen-bond donors (Lipinski definition) is 2. The van der Waals surface area contributed by atoms with Crippen LogP contribution in [0.15, 0.2) is 30.6 Å². The minimum absolute atomic E-state index is 0.0805. The zero-order chi connectivity index (χ0) is 14.7. The van der Waals surface area contributed by atoms with Crippen molar-refractivity contribution in [3.8, 4) is 0 Å². The number of nitrogens with two attached hydrogens (primary N) is 1. The summed E-state index contributed by atoms with van der Waals surface area (Å²) in [6, 6.07) is 4.43. The summed E-state index contributed by atoms with van der Waals surface area (Å²) in [5.74, 6) is -0.766. The van der Waals surface area contributed by atoms with Crippen molar-refractivity contribution in [3.63, 3.8) is 0 Å². The smallest absolute Gasteiger partial charge is 0.254 e. The lowest BCUT2D eigenvalue weighted by atomic mass is 10.1. The van der Waals surface area contributed by atoms with Gasteiger partial charge in [-0.15, -0.1) is 0 Å². The average molecular weight is 292 g/mol. The van der Waals surface area contributed by atoms with Crippen LogP contribution in [0.2, 0.25) is 0 Å². The van der Waals surface area contributed by atoms with Gasteiger partial charge in [0, 0.05) is 30.9 Å². The molecular weight excluding hydrogens is 279 g/mol. The monoisotopic (exact) mass is 292 g/mol. The standard InChI is InChI=1S/C13H13FN4OS/c1-18-7-10(6-17-18)13(19)16-5-9-3-2-8(12(15)20)4-11(9)14/h2-4,6-7H,5H2,1H3,(H2,15,20)(H,16,19). The Bertz CT molecular complexity index is 668. The first-order chi connectivity index (χ1) is 9.47. The van der Waals surface area contributed by atoms with Crippen LogP contribution in [0.3, 0.4) is 0 Å². The number of nitrogens with one attached hydrogen (secondary N) is 1. The van der Waals surface area contributed by atoms with Gasteiger partial charge >= 0.3 is 0 Å². The van der Waals surface area contributed by atoms with Crippen LogP contribution in [-0.4, -0.2) is 20.7 Å². The zero-order valence-electron chi connectivity index (χ0n) is 10.8. The van der Waals surface area contributed by atoms with Gasteiger partial charge in [0.15, 0.2) is 0 Å². The van der Waals surface area contributed by atoms with Crippen LogP contribution in [0.1, 0.15) is 21.5 Å². The molecule has 20 heavy (non-hydrogen) atoms. The van der Waals surface area contributed by atoms with Crippen LogP contribution in [0.5, 0.6) is 0 Å². The van der Waals surface area contributed by atoms with Crippen molar-refractivity contribution < 1.29 is 9.18 Å². The Kier molecular flexibility index (Phi) is 4.09. The zero-order valence-corrected chi connectivity index (χ0v) is 11.6. The van der Waals surface area contributed by atoms with E-state index in [1.54, 1.807) is 25.4 Å². The molecule has 0 atom stereocenters. The molecule has 0 unspecified atom stereocenters.